The minimum absolute atomic E-state index is 0.459. The summed E-state index contributed by atoms with van der Waals surface area (Å²) in [6.07, 6.45) is 8.09. The van der Waals surface area contributed by atoms with E-state index in [1.165, 1.54) is 44.1 Å². The Morgan fingerprint density at radius 1 is 1.10 bits per heavy atom. The number of benzene rings is 1. The number of hydrogen-bond acceptors (Lipinski definition) is 1. The summed E-state index contributed by atoms with van der Waals surface area (Å²) in [6, 6.07) is 8.44. The van der Waals surface area contributed by atoms with E-state index in [0.717, 1.165) is 24.0 Å². The van der Waals surface area contributed by atoms with Crippen LogP contribution in [0.15, 0.2) is 24.3 Å². The van der Waals surface area contributed by atoms with Crippen LogP contribution in [0.25, 0.3) is 0 Å². The van der Waals surface area contributed by atoms with Gasteiger partial charge in [0.05, 0.1) is 0 Å². The summed E-state index contributed by atoms with van der Waals surface area (Å²) >= 11 is 6.00. The molecule has 0 amide bonds. The van der Waals surface area contributed by atoms with Crippen LogP contribution in [0.5, 0.6) is 0 Å². The van der Waals surface area contributed by atoms with Crippen molar-refractivity contribution in [1.29, 1.82) is 0 Å². The first-order chi connectivity index (χ1) is 9.60. The zero-order valence-electron chi connectivity index (χ0n) is 12.9. The largest absolute Gasteiger partial charge is 0.316 e. The molecule has 1 fully saturated rings. The Morgan fingerprint density at radius 3 is 2.35 bits per heavy atom. The summed E-state index contributed by atoms with van der Waals surface area (Å²) in [4.78, 5) is 0. The van der Waals surface area contributed by atoms with Crippen LogP contribution in [0, 0.1) is 11.3 Å². The molecule has 0 bridgehead atoms. The zero-order valence-corrected chi connectivity index (χ0v) is 13.7. The average molecular weight is 294 g/mol. The van der Waals surface area contributed by atoms with Crippen LogP contribution in [-0.4, -0.2) is 13.1 Å². The lowest BCUT2D eigenvalue weighted by atomic mass is 9.70. The summed E-state index contributed by atoms with van der Waals surface area (Å²) < 4.78 is 0. The SMILES string of the molecule is CC(C)CNCC1(Cc2ccc(Cl)cc2)CCCCC1. The van der Waals surface area contributed by atoms with Gasteiger partial charge >= 0.3 is 0 Å². The molecule has 0 radical (unpaired) electrons. The molecule has 0 unspecified atom stereocenters. The van der Waals surface area contributed by atoms with Crippen LogP contribution in [0.3, 0.4) is 0 Å². The summed E-state index contributed by atoms with van der Waals surface area (Å²) in [5.41, 5.74) is 1.89. The lowest BCUT2D eigenvalue weighted by molar-refractivity contribution is 0.179. The lowest BCUT2D eigenvalue weighted by Crippen LogP contribution is -2.39. The molecule has 20 heavy (non-hydrogen) atoms. The van der Waals surface area contributed by atoms with Crippen molar-refractivity contribution in [3.8, 4) is 0 Å². The Morgan fingerprint density at radius 2 is 1.75 bits per heavy atom. The molecule has 2 heteroatoms. The molecule has 0 saturated heterocycles. The predicted octanol–water partition coefficient (Wildman–Crippen LogP) is 5.08. The van der Waals surface area contributed by atoms with Crippen LogP contribution in [0.4, 0.5) is 0 Å². The first-order valence-electron chi connectivity index (χ1n) is 8.05. The van der Waals surface area contributed by atoms with E-state index in [1.54, 1.807) is 0 Å². The molecule has 1 aliphatic rings. The van der Waals surface area contributed by atoms with Gasteiger partial charge in [0, 0.05) is 11.6 Å². The zero-order chi connectivity index (χ0) is 14.4. The van der Waals surface area contributed by atoms with Crippen molar-refractivity contribution >= 4 is 11.6 Å². The highest BCUT2D eigenvalue weighted by Gasteiger charge is 2.31. The van der Waals surface area contributed by atoms with Gasteiger partial charge in [-0.25, -0.2) is 0 Å². The molecular formula is C18H28ClN. The van der Waals surface area contributed by atoms with E-state index in [-0.39, 0.29) is 0 Å². The molecule has 1 aromatic rings. The molecule has 0 heterocycles. The first kappa shape index (κ1) is 15.9. The molecule has 0 aliphatic heterocycles. The van der Waals surface area contributed by atoms with Crippen molar-refractivity contribution in [2.45, 2.75) is 52.4 Å². The van der Waals surface area contributed by atoms with Gasteiger partial charge in [-0.1, -0.05) is 56.8 Å². The molecule has 2 rings (SSSR count). The summed E-state index contributed by atoms with van der Waals surface area (Å²) in [5.74, 6) is 0.728. The van der Waals surface area contributed by atoms with Crippen molar-refractivity contribution < 1.29 is 0 Å². The minimum atomic E-state index is 0.459. The molecule has 0 spiro atoms. The molecule has 1 aromatic carbocycles. The standard InChI is InChI=1S/C18H28ClN/c1-15(2)13-20-14-18(10-4-3-5-11-18)12-16-6-8-17(19)9-7-16/h6-9,15,20H,3-5,10-14H2,1-2H3. The van der Waals surface area contributed by atoms with Gasteiger partial charge in [-0.2, -0.15) is 0 Å². The summed E-state index contributed by atoms with van der Waals surface area (Å²) in [6.45, 7) is 6.84. The maximum absolute atomic E-state index is 6.00. The predicted molar refractivity (Wildman–Crippen MR) is 88.4 cm³/mol. The third-order valence-electron chi connectivity index (χ3n) is 4.46. The van der Waals surface area contributed by atoms with Crippen molar-refractivity contribution in [2.24, 2.45) is 11.3 Å². The fourth-order valence-electron chi connectivity index (χ4n) is 3.38. The Hall–Kier alpha value is -0.530. The Labute approximate surface area is 129 Å². The smallest absolute Gasteiger partial charge is 0.0406 e. The van der Waals surface area contributed by atoms with E-state index in [1.807, 2.05) is 12.1 Å². The lowest BCUT2D eigenvalue weighted by Gasteiger charge is -2.38. The Bertz CT molecular complexity index is 390. The van der Waals surface area contributed by atoms with Crippen LogP contribution in [0.2, 0.25) is 5.02 Å². The van der Waals surface area contributed by atoms with Crippen molar-refractivity contribution in [3.05, 3.63) is 34.9 Å². The van der Waals surface area contributed by atoms with Gasteiger partial charge in [-0.05, 0) is 54.8 Å². The third-order valence-corrected chi connectivity index (χ3v) is 4.71. The van der Waals surface area contributed by atoms with Crippen LogP contribution in [0.1, 0.15) is 51.5 Å². The van der Waals surface area contributed by atoms with E-state index in [2.05, 4.69) is 31.3 Å². The van der Waals surface area contributed by atoms with E-state index in [0.29, 0.717) is 5.41 Å². The molecular weight excluding hydrogens is 266 g/mol. The van der Waals surface area contributed by atoms with Crippen LogP contribution >= 0.6 is 11.6 Å². The van der Waals surface area contributed by atoms with Gasteiger partial charge in [0.15, 0.2) is 0 Å². The normalized spacial score (nSPS) is 18.4. The molecule has 1 saturated carbocycles. The van der Waals surface area contributed by atoms with Gasteiger partial charge in [0.2, 0.25) is 0 Å². The second kappa shape index (κ2) is 7.47. The number of nitrogens with one attached hydrogen (secondary N) is 1. The molecule has 1 N–H and O–H groups in total. The molecule has 1 aliphatic carbocycles. The number of halogens is 1. The summed E-state index contributed by atoms with van der Waals surface area (Å²) in [7, 11) is 0. The molecule has 0 aromatic heterocycles. The first-order valence-corrected chi connectivity index (χ1v) is 8.43. The quantitative estimate of drug-likeness (QED) is 0.771. The average Bonchev–Trinajstić information content (AvgIpc) is 2.42. The summed E-state index contributed by atoms with van der Waals surface area (Å²) in [5, 5.41) is 4.54. The van der Waals surface area contributed by atoms with Gasteiger partial charge in [0.25, 0.3) is 0 Å². The highest BCUT2D eigenvalue weighted by molar-refractivity contribution is 6.30. The van der Waals surface area contributed by atoms with Crippen molar-refractivity contribution in [1.82, 2.24) is 5.32 Å². The second-order valence-electron chi connectivity index (χ2n) is 6.89. The van der Waals surface area contributed by atoms with Gasteiger partial charge in [-0.15, -0.1) is 0 Å². The fourth-order valence-corrected chi connectivity index (χ4v) is 3.51. The Balaban J connectivity index is 2.00. The molecule has 112 valence electrons. The topological polar surface area (TPSA) is 12.0 Å². The Kier molecular flexibility index (Phi) is 5.92. The van der Waals surface area contributed by atoms with Gasteiger partial charge in [0.1, 0.15) is 0 Å². The van der Waals surface area contributed by atoms with Gasteiger partial charge in [-0.3, -0.25) is 0 Å². The van der Waals surface area contributed by atoms with Crippen molar-refractivity contribution in [3.63, 3.8) is 0 Å². The number of hydrogen-bond donors (Lipinski definition) is 1. The van der Waals surface area contributed by atoms with E-state index < -0.39 is 0 Å². The third kappa shape index (κ3) is 4.79. The van der Waals surface area contributed by atoms with Crippen LogP contribution < -0.4 is 5.32 Å². The van der Waals surface area contributed by atoms with E-state index in [9.17, 15) is 0 Å². The maximum atomic E-state index is 6.00. The molecule has 0 atom stereocenters. The highest BCUT2D eigenvalue weighted by Crippen LogP contribution is 2.39. The second-order valence-corrected chi connectivity index (χ2v) is 7.33. The fraction of sp³-hybridized carbons (Fsp3) is 0.667. The maximum Gasteiger partial charge on any atom is 0.0406 e. The van der Waals surface area contributed by atoms with Gasteiger partial charge < -0.3 is 5.32 Å². The van der Waals surface area contributed by atoms with Crippen LogP contribution in [-0.2, 0) is 6.42 Å². The minimum Gasteiger partial charge on any atom is -0.316 e. The monoisotopic (exact) mass is 293 g/mol. The van der Waals surface area contributed by atoms with Crippen molar-refractivity contribution in [2.75, 3.05) is 13.1 Å². The van der Waals surface area contributed by atoms with E-state index >= 15 is 0 Å². The van der Waals surface area contributed by atoms with E-state index in [4.69, 9.17) is 11.6 Å². The molecule has 1 nitrogen and oxygen atoms in total. The number of rotatable bonds is 6. The highest BCUT2D eigenvalue weighted by atomic mass is 35.5.